The molecule has 0 saturated heterocycles. The summed E-state index contributed by atoms with van der Waals surface area (Å²) in [7, 11) is 0. The summed E-state index contributed by atoms with van der Waals surface area (Å²) in [5.41, 5.74) is 0. The fourth-order valence-corrected chi connectivity index (χ4v) is 0.725. The molecule has 0 aromatic rings. The number of hydrogen-bond donors (Lipinski definition) is 1. The largest absolute Gasteiger partial charge is 0.353 e. The summed E-state index contributed by atoms with van der Waals surface area (Å²) in [6.07, 6.45) is 7.68. The molecule has 2 nitrogen and oxygen atoms in total. The third-order valence-corrected chi connectivity index (χ3v) is 1.43. The number of nitrogens with one attached hydrogen (secondary N) is 1. The SMILES string of the molecule is CC=CC=CC(=O)NCCCCl. The third-order valence-electron chi connectivity index (χ3n) is 1.16. The van der Waals surface area contributed by atoms with Gasteiger partial charge in [0.2, 0.25) is 5.91 Å². The lowest BCUT2D eigenvalue weighted by Crippen LogP contribution is -2.22. The third kappa shape index (κ3) is 7.35. The lowest BCUT2D eigenvalue weighted by atomic mass is 10.4. The van der Waals surface area contributed by atoms with Crippen LogP contribution in [0, 0.1) is 0 Å². The van der Waals surface area contributed by atoms with Gasteiger partial charge in [0.05, 0.1) is 0 Å². The molecule has 0 aromatic carbocycles. The zero-order chi connectivity index (χ0) is 9.23. The predicted octanol–water partition coefficient (Wildman–Crippen LogP) is 1.86. The van der Waals surface area contributed by atoms with E-state index in [1.807, 2.05) is 13.0 Å². The number of carbonyl (C=O) groups is 1. The van der Waals surface area contributed by atoms with Crippen LogP contribution in [0.3, 0.4) is 0 Å². The lowest BCUT2D eigenvalue weighted by Gasteiger charge is -1.97. The van der Waals surface area contributed by atoms with E-state index in [0.29, 0.717) is 12.4 Å². The Kier molecular flexibility index (Phi) is 7.81. The Bertz CT molecular complexity index is 175. The number of halogens is 1. The minimum absolute atomic E-state index is 0.0711. The zero-order valence-electron chi connectivity index (χ0n) is 7.22. The number of rotatable bonds is 5. The highest BCUT2D eigenvalue weighted by Crippen LogP contribution is 1.82. The predicted molar refractivity (Wildman–Crippen MR) is 52.3 cm³/mol. The number of amides is 1. The molecule has 0 rings (SSSR count). The van der Waals surface area contributed by atoms with Crippen molar-refractivity contribution in [1.82, 2.24) is 5.32 Å². The number of alkyl halides is 1. The zero-order valence-corrected chi connectivity index (χ0v) is 7.97. The second-order valence-corrected chi connectivity index (χ2v) is 2.60. The molecule has 68 valence electrons. The van der Waals surface area contributed by atoms with Gasteiger partial charge in [0, 0.05) is 18.5 Å². The Morgan fingerprint density at radius 2 is 2.25 bits per heavy atom. The maximum atomic E-state index is 10.9. The smallest absolute Gasteiger partial charge is 0.243 e. The van der Waals surface area contributed by atoms with Crippen LogP contribution < -0.4 is 5.32 Å². The van der Waals surface area contributed by atoms with Crippen molar-refractivity contribution < 1.29 is 4.79 Å². The topological polar surface area (TPSA) is 29.1 Å². The molecule has 0 heterocycles. The summed E-state index contributed by atoms with van der Waals surface area (Å²) < 4.78 is 0. The fraction of sp³-hybridized carbons (Fsp3) is 0.444. The average molecular weight is 188 g/mol. The highest BCUT2D eigenvalue weighted by Gasteiger charge is 1.91. The molecule has 0 unspecified atom stereocenters. The highest BCUT2D eigenvalue weighted by molar-refractivity contribution is 6.17. The van der Waals surface area contributed by atoms with Crippen LogP contribution in [0.4, 0.5) is 0 Å². The van der Waals surface area contributed by atoms with E-state index in [2.05, 4.69) is 5.32 Å². The van der Waals surface area contributed by atoms with Crippen molar-refractivity contribution in [2.45, 2.75) is 13.3 Å². The molecule has 0 bridgehead atoms. The van der Waals surface area contributed by atoms with Crippen LogP contribution in [0.2, 0.25) is 0 Å². The van der Waals surface area contributed by atoms with Gasteiger partial charge in [-0.3, -0.25) is 4.79 Å². The van der Waals surface area contributed by atoms with Crippen LogP contribution in [0.5, 0.6) is 0 Å². The summed E-state index contributed by atoms with van der Waals surface area (Å²) in [5, 5.41) is 2.70. The molecule has 0 saturated carbocycles. The Morgan fingerprint density at radius 1 is 1.50 bits per heavy atom. The Hall–Kier alpha value is -0.760. The van der Waals surface area contributed by atoms with Crippen molar-refractivity contribution in [3.63, 3.8) is 0 Å². The molecule has 0 aliphatic rings. The summed E-state index contributed by atoms with van der Waals surface area (Å²) in [6, 6.07) is 0. The van der Waals surface area contributed by atoms with Crippen LogP contribution in [-0.2, 0) is 4.79 Å². The lowest BCUT2D eigenvalue weighted by molar-refractivity contribution is -0.116. The number of allylic oxidation sites excluding steroid dienone is 3. The van der Waals surface area contributed by atoms with E-state index in [0.717, 1.165) is 6.42 Å². The molecule has 0 aromatic heterocycles. The van der Waals surface area contributed by atoms with Crippen molar-refractivity contribution in [1.29, 1.82) is 0 Å². The van der Waals surface area contributed by atoms with Gasteiger partial charge in [-0.2, -0.15) is 0 Å². The van der Waals surface area contributed by atoms with E-state index in [9.17, 15) is 4.79 Å². The van der Waals surface area contributed by atoms with Crippen LogP contribution in [0.15, 0.2) is 24.3 Å². The minimum atomic E-state index is -0.0711. The van der Waals surface area contributed by atoms with E-state index in [1.54, 1.807) is 12.2 Å². The first-order valence-electron chi connectivity index (χ1n) is 3.94. The van der Waals surface area contributed by atoms with E-state index in [1.165, 1.54) is 6.08 Å². The van der Waals surface area contributed by atoms with E-state index in [-0.39, 0.29) is 5.91 Å². The van der Waals surface area contributed by atoms with Crippen LogP contribution in [-0.4, -0.2) is 18.3 Å². The Balaban J connectivity index is 3.45. The second kappa shape index (κ2) is 8.34. The first kappa shape index (κ1) is 11.2. The molecular formula is C9H14ClNO. The van der Waals surface area contributed by atoms with Crippen molar-refractivity contribution >= 4 is 17.5 Å². The van der Waals surface area contributed by atoms with Gasteiger partial charge < -0.3 is 5.32 Å². The first-order valence-corrected chi connectivity index (χ1v) is 4.48. The molecule has 1 amide bonds. The summed E-state index contributed by atoms with van der Waals surface area (Å²) in [4.78, 5) is 10.9. The van der Waals surface area contributed by atoms with Gasteiger partial charge in [-0.25, -0.2) is 0 Å². The minimum Gasteiger partial charge on any atom is -0.353 e. The maximum absolute atomic E-state index is 10.9. The molecule has 0 aliphatic carbocycles. The summed E-state index contributed by atoms with van der Waals surface area (Å²) in [6.45, 7) is 2.54. The normalized spacial score (nSPS) is 11.2. The van der Waals surface area contributed by atoms with E-state index in [4.69, 9.17) is 11.6 Å². The van der Waals surface area contributed by atoms with Gasteiger partial charge >= 0.3 is 0 Å². The van der Waals surface area contributed by atoms with Gasteiger partial charge in [0.25, 0.3) is 0 Å². The molecule has 12 heavy (non-hydrogen) atoms. The summed E-state index contributed by atoms with van der Waals surface area (Å²) >= 11 is 5.43. The molecule has 0 fully saturated rings. The molecule has 0 aliphatic heterocycles. The monoisotopic (exact) mass is 187 g/mol. The van der Waals surface area contributed by atoms with Gasteiger partial charge in [0.1, 0.15) is 0 Å². The van der Waals surface area contributed by atoms with Crippen molar-refractivity contribution in [3.05, 3.63) is 24.3 Å². The molecule has 3 heteroatoms. The van der Waals surface area contributed by atoms with Crippen LogP contribution >= 0.6 is 11.6 Å². The van der Waals surface area contributed by atoms with Gasteiger partial charge in [0.15, 0.2) is 0 Å². The molecule has 0 spiro atoms. The average Bonchev–Trinajstić information content (AvgIpc) is 2.06. The Morgan fingerprint density at radius 3 is 2.83 bits per heavy atom. The standard InChI is InChI=1S/C9H14ClNO/c1-2-3-4-6-9(12)11-8-5-7-10/h2-4,6H,5,7-8H2,1H3,(H,11,12). The second-order valence-electron chi connectivity index (χ2n) is 2.22. The van der Waals surface area contributed by atoms with Crippen molar-refractivity contribution in [2.75, 3.05) is 12.4 Å². The Labute approximate surface area is 78.3 Å². The van der Waals surface area contributed by atoms with Crippen LogP contribution in [0.25, 0.3) is 0 Å². The van der Waals surface area contributed by atoms with Crippen molar-refractivity contribution in [2.24, 2.45) is 0 Å². The molecular weight excluding hydrogens is 174 g/mol. The molecule has 1 N–H and O–H groups in total. The quantitative estimate of drug-likeness (QED) is 0.303. The van der Waals surface area contributed by atoms with Gasteiger partial charge in [-0.05, 0) is 13.3 Å². The highest BCUT2D eigenvalue weighted by atomic mass is 35.5. The number of carbonyl (C=O) groups excluding carboxylic acids is 1. The van der Waals surface area contributed by atoms with E-state index < -0.39 is 0 Å². The molecule has 0 atom stereocenters. The van der Waals surface area contributed by atoms with Gasteiger partial charge in [-0.15, -0.1) is 11.6 Å². The first-order chi connectivity index (χ1) is 5.81. The van der Waals surface area contributed by atoms with E-state index >= 15 is 0 Å². The summed E-state index contributed by atoms with van der Waals surface area (Å²) in [5.74, 6) is 0.511. The fourth-order valence-electron chi connectivity index (χ4n) is 0.591. The number of hydrogen-bond acceptors (Lipinski definition) is 1. The maximum Gasteiger partial charge on any atom is 0.243 e. The van der Waals surface area contributed by atoms with Crippen molar-refractivity contribution in [3.8, 4) is 0 Å². The molecule has 0 radical (unpaired) electrons. The van der Waals surface area contributed by atoms with Gasteiger partial charge in [-0.1, -0.05) is 18.2 Å². The van der Waals surface area contributed by atoms with Crippen LogP contribution in [0.1, 0.15) is 13.3 Å².